The molecule has 5 heteroatoms. The third kappa shape index (κ3) is 5.40. The molecule has 0 heterocycles. The van der Waals surface area contributed by atoms with Crippen LogP contribution in [0.25, 0.3) is 0 Å². The molecule has 0 saturated heterocycles. The van der Waals surface area contributed by atoms with Crippen molar-refractivity contribution in [2.45, 2.75) is 25.9 Å². The van der Waals surface area contributed by atoms with Gasteiger partial charge in [-0.05, 0) is 47.9 Å². The average Bonchev–Trinajstić information content (AvgIpc) is 2.74. The Balaban J connectivity index is 1.78. The summed E-state index contributed by atoms with van der Waals surface area (Å²) in [6.07, 6.45) is -1.04. The number of carbonyl (C=O) groups excluding carboxylic acids is 1. The molecule has 0 fully saturated rings. The molecule has 0 unspecified atom stereocenters. The van der Waals surface area contributed by atoms with Gasteiger partial charge in [-0.25, -0.2) is 0 Å². The fraction of sp³-hybridized carbons (Fsp3) is 0.200. The van der Waals surface area contributed by atoms with Gasteiger partial charge in [0.25, 0.3) is 0 Å². The molecule has 0 radical (unpaired) electrons. The van der Waals surface area contributed by atoms with Gasteiger partial charge >= 0.3 is 5.97 Å². The standard InChI is InChI=1S/C25H22ClNO3/c1-17(2)24(18-11-13-20(26)14-12-18)25(28)30-23(16-27)19-7-6-10-22(15-19)29-21-8-4-3-5-9-21/h3-15,17,23-24H,1-2H3/t23-,24-/m1/s1. The summed E-state index contributed by atoms with van der Waals surface area (Å²) in [5.41, 5.74) is 1.36. The highest BCUT2D eigenvalue weighted by Gasteiger charge is 2.29. The Morgan fingerprint density at radius 3 is 2.20 bits per heavy atom. The number of hydrogen-bond donors (Lipinski definition) is 0. The number of nitriles is 1. The number of hydrogen-bond acceptors (Lipinski definition) is 4. The second-order valence-corrected chi connectivity index (χ2v) is 7.64. The summed E-state index contributed by atoms with van der Waals surface area (Å²) >= 11 is 5.96. The second kappa shape index (κ2) is 9.96. The molecule has 0 aliphatic carbocycles. The van der Waals surface area contributed by atoms with Gasteiger partial charge in [0, 0.05) is 10.6 Å². The van der Waals surface area contributed by atoms with Gasteiger partial charge < -0.3 is 9.47 Å². The van der Waals surface area contributed by atoms with Crippen LogP contribution in [0, 0.1) is 17.2 Å². The van der Waals surface area contributed by atoms with Gasteiger partial charge in [0.1, 0.15) is 17.6 Å². The van der Waals surface area contributed by atoms with Gasteiger partial charge in [-0.1, -0.05) is 67.9 Å². The fourth-order valence-corrected chi connectivity index (χ4v) is 3.31. The first-order valence-electron chi connectivity index (χ1n) is 9.66. The van der Waals surface area contributed by atoms with Crippen molar-refractivity contribution >= 4 is 17.6 Å². The Labute approximate surface area is 181 Å². The number of para-hydroxylation sites is 1. The molecule has 0 aromatic heterocycles. The summed E-state index contributed by atoms with van der Waals surface area (Å²) in [5.74, 6) is 0.289. The minimum atomic E-state index is -1.04. The quantitative estimate of drug-likeness (QED) is 0.401. The number of ether oxygens (including phenoxy) is 2. The molecule has 4 nitrogen and oxygen atoms in total. The molecule has 0 aliphatic rings. The number of nitrogens with zero attached hydrogens (tertiary/aromatic N) is 1. The van der Waals surface area contributed by atoms with E-state index in [1.54, 1.807) is 36.4 Å². The lowest BCUT2D eigenvalue weighted by Gasteiger charge is -2.22. The first kappa shape index (κ1) is 21.4. The van der Waals surface area contributed by atoms with E-state index in [9.17, 15) is 10.1 Å². The third-order valence-electron chi connectivity index (χ3n) is 4.64. The maximum absolute atomic E-state index is 13.0. The van der Waals surface area contributed by atoms with Crippen molar-refractivity contribution in [1.29, 1.82) is 5.26 Å². The molecule has 0 amide bonds. The van der Waals surface area contributed by atoms with Crippen molar-refractivity contribution < 1.29 is 14.3 Å². The normalized spacial score (nSPS) is 12.6. The van der Waals surface area contributed by atoms with Crippen molar-refractivity contribution in [1.82, 2.24) is 0 Å². The van der Waals surface area contributed by atoms with Gasteiger partial charge in [0.05, 0.1) is 5.92 Å². The van der Waals surface area contributed by atoms with E-state index in [0.29, 0.717) is 22.1 Å². The SMILES string of the molecule is CC(C)[C@@H](C(=O)O[C@H](C#N)c1cccc(Oc2ccccc2)c1)c1ccc(Cl)cc1. The van der Waals surface area contributed by atoms with Crippen molar-refractivity contribution in [3.63, 3.8) is 0 Å². The van der Waals surface area contributed by atoms with Crippen molar-refractivity contribution in [2.75, 3.05) is 0 Å². The summed E-state index contributed by atoms with van der Waals surface area (Å²) in [5, 5.41) is 10.2. The molecule has 0 N–H and O–H groups in total. The maximum atomic E-state index is 13.0. The molecule has 2 atom stereocenters. The van der Waals surface area contributed by atoms with E-state index in [1.807, 2.05) is 56.3 Å². The molecule has 30 heavy (non-hydrogen) atoms. The first-order chi connectivity index (χ1) is 14.5. The molecular weight excluding hydrogens is 398 g/mol. The Hall–Kier alpha value is -3.29. The molecule has 3 aromatic rings. The van der Waals surface area contributed by atoms with Gasteiger partial charge in [-0.2, -0.15) is 5.26 Å². The van der Waals surface area contributed by atoms with Gasteiger partial charge in [0.2, 0.25) is 6.10 Å². The Kier molecular flexibility index (Phi) is 7.11. The van der Waals surface area contributed by atoms with Crippen LogP contribution in [0.5, 0.6) is 11.5 Å². The van der Waals surface area contributed by atoms with Crippen LogP contribution in [-0.4, -0.2) is 5.97 Å². The lowest BCUT2D eigenvalue weighted by Crippen LogP contribution is -2.22. The van der Waals surface area contributed by atoms with Gasteiger partial charge in [-0.15, -0.1) is 0 Å². The molecule has 0 aliphatic heterocycles. The summed E-state index contributed by atoms with van der Waals surface area (Å²) in [6.45, 7) is 3.88. The lowest BCUT2D eigenvalue weighted by atomic mass is 9.88. The Bertz CT molecular complexity index is 1030. The number of benzene rings is 3. The van der Waals surface area contributed by atoms with E-state index >= 15 is 0 Å². The summed E-state index contributed by atoms with van der Waals surface area (Å²) in [4.78, 5) is 13.0. The zero-order chi connectivity index (χ0) is 21.5. The van der Waals surface area contributed by atoms with Crippen LogP contribution in [0.4, 0.5) is 0 Å². The molecule has 0 saturated carbocycles. The summed E-state index contributed by atoms with van der Waals surface area (Å²) in [6, 6.07) is 25.5. The maximum Gasteiger partial charge on any atom is 0.315 e. The van der Waals surface area contributed by atoms with Gasteiger partial charge in [-0.3, -0.25) is 4.79 Å². The smallest absolute Gasteiger partial charge is 0.315 e. The van der Waals surface area contributed by atoms with Crippen LogP contribution in [0.3, 0.4) is 0 Å². The van der Waals surface area contributed by atoms with Crippen LogP contribution in [0.1, 0.15) is 37.0 Å². The topological polar surface area (TPSA) is 59.3 Å². The van der Waals surface area contributed by atoms with Crippen LogP contribution in [0.2, 0.25) is 5.02 Å². The van der Waals surface area contributed by atoms with E-state index < -0.39 is 18.0 Å². The average molecular weight is 420 g/mol. The largest absolute Gasteiger partial charge is 0.457 e. The molecular formula is C25H22ClNO3. The monoisotopic (exact) mass is 419 g/mol. The van der Waals surface area contributed by atoms with E-state index in [1.165, 1.54) is 0 Å². The highest BCUT2D eigenvalue weighted by molar-refractivity contribution is 6.30. The van der Waals surface area contributed by atoms with Crippen LogP contribution in [0.15, 0.2) is 78.9 Å². The first-order valence-corrected chi connectivity index (χ1v) is 10.0. The van der Waals surface area contributed by atoms with Gasteiger partial charge in [0.15, 0.2) is 0 Å². The van der Waals surface area contributed by atoms with Crippen molar-refractivity contribution in [2.24, 2.45) is 5.92 Å². The molecule has 152 valence electrons. The van der Waals surface area contributed by atoms with Crippen LogP contribution in [-0.2, 0) is 9.53 Å². The van der Waals surface area contributed by atoms with Crippen LogP contribution < -0.4 is 4.74 Å². The van der Waals surface area contributed by atoms with Crippen molar-refractivity contribution in [3.05, 3.63) is 95.0 Å². The highest BCUT2D eigenvalue weighted by Crippen LogP contribution is 2.31. The number of halogens is 1. The number of esters is 1. The predicted octanol–water partition coefficient (Wildman–Crippen LogP) is 6.68. The molecule has 3 rings (SSSR count). The molecule has 0 bridgehead atoms. The fourth-order valence-electron chi connectivity index (χ4n) is 3.19. The van der Waals surface area contributed by atoms with E-state index in [4.69, 9.17) is 21.1 Å². The summed E-state index contributed by atoms with van der Waals surface area (Å²) in [7, 11) is 0. The zero-order valence-corrected chi connectivity index (χ0v) is 17.5. The van der Waals surface area contributed by atoms with E-state index in [0.717, 1.165) is 5.56 Å². The molecule has 3 aromatic carbocycles. The minimum Gasteiger partial charge on any atom is -0.457 e. The van der Waals surface area contributed by atoms with E-state index in [2.05, 4.69) is 6.07 Å². The lowest BCUT2D eigenvalue weighted by molar-refractivity contribution is -0.150. The number of rotatable bonds is 7. The highest BCUT2D eigenvalue weighted by atomic mass is 35.5. The molecule has 0 spiro atoms. The zero-order valence-electron chi connectivity index (χ0n) is 16.8. The third-order valence-corrected chi connectivity index (χ3v) is 4.89. The number of carbonyl (C=O) groups is 1. The Morgan fingerprint density at radius 2 is 1.57 bits per heavy atom. The summed E-state index contributed by atoms with van der Waals surface area (Å²) < 4.78 is 11.4. The van der Waals surface area contributed by atoms with E-state index in [-0.39, 0.29) is 5.92 Å². The predicted molar refractivity (Wildman–Crippen MR) is 116 cm³/mol. The minimum absolute atomic E-state index is 0.00855. The van der Waals surface area contributed by atoms with Crippen LogP contribution >= 0.6 is 11.6 Å². The van der Waals surface area contributed by atoms with Crippen molar-refractivity contribution in [3.8, 4) is 17.6 Å². The second-order valence-electron chi connectivity index (χ2n) is 7.21. The Morgan fingerprint density at radius 1 is 0.900 bits per heavy atom.